The first-order valence-electron chi connectivity index (χ1n) is 11.1. The number of hydrogen-bond acceptors (Lipinski definition) is 5. The van der Waals surface area contributed by atoms with Gasteiger partial charge in [0.05, 0.1) is 12.2 Å². The van der Waals surface area contributed by atoms with E-state index in [0.29, 0.717) is 25.7 Å². The fourth-order valence-corrected chi connectivity index (χ4v) is 5.01. The summed E-state index contributed by atoms with van der Waals surface area (Å²) in [6, 6.07) is 0. The van der Waals surface area contributed by atoms with E-state index >= 15 is 0 Å². The van der Waals surface area contributed by atoms with Gasteiger partial charge < -0.3 is 14.7 Å². The average Bonchev–Trinajstić information content (AvgIpc) is 2.93. The minimum atomic E-state index is -0.786. The quantitative estimate of drug-likeness (QED) is 0.194. The zero-order chi connectivity index (χ0) is 22.7. The maximum absolute atomic E-state index is 12.4. The van der Waals surface area contributed by atoms with Crippen molar-refractivity contribution in [2.24, 2.45) is 17.3 Å². The van der Waals surface area contributed by atoms with E-state index < -0.39 is 19.7 Å². The highest BCUT2D eigenvalue weighted by atomic mass is 32.4. The summed E-state index contributed by atoms with van der Waals surface area (Å²) in [5.41, 5.74) is -0.318. The van der Waals surface area contributed by atoms with E-state index in [1.807, 2.05) is 20.8 Å². The fraction of sp³-hybridized carbons (Fsp3) is 0.818. The number of carbonyl (C=O) groups excluding carboxylic acids is 2. The molecular formula is C22H41O5P3. The van der Waals surface area contributed by atoms with E-state index in [4.69, 9.17) is 4.52 Å². The highest BCUT2D eigenvalue weighted by Gasteiger charge is 2.41. The lowest BCUT2D eigenvalue weighted by atomic mass is 9.80. The number of unbranched alkanes of at least 4 members (excludes halogenated alkanes) is 3. The molecule has 0 amide bonds. The SMILES string of the molecule is CCC(C)(C)C(=O)CC[C@H]1C(O)CC(O)C1C/C=C\CCCCCC(=O)OP(P)P. The highest BCUT2D eigenvalue weighted by molar-refractivity contribution is 8.41. The number of rotatable bonds is 14. The van der Waals surface area contributed by atoms with E-state index in [0.717, 1.165) is 38.5 Å². The highest BCUT2D eigenvalue weighted by Crippen LogP contribution is 2.53. The van der Waals surface area contributed by atoms with Gasteiger partial charge in [0.15, 0.2) is 0 Å². The van der Waals surface area contributed by atoms with Gasteiger partial charge in [-0.25, -0.2) is 0 Å². The normalized spacial score (nSPS) is 24.7. The molecule has 0 radical (unpaired) electrons. The third-order valence-electron chi connectivity index (χ3n) is 6.40. The Morgan fingerprint density at radius 3 is 2.37 bits per heavy atom. The Hall–Kier alpha value is 0.0900. The predicted octanol–water partition coefficient (Wildman–Crippen LogP) is 5.55. The van der Waals surface area contributed by atoms with Gasteiger partial charge in [-0.15, -0.1) is 0 Å². The molecule has 30 heavy (non-hydrogen) atoms. The first kappa shape index (κ1) is 28.1. The number of carbonyl (C=O) groups is 2. The lowest BCUT2D eigenvalue weighted by Crippen LogP contribution is -2.27. The van der Waals surface area contributed by atoms with E-state index in [1.165, 1.54) is 0 Å². The second-order valence-corrected chi connectivity index (χ2v) is 14.8. The Labute approximate surface area is 188 Å². The van der Waals surface area contributed by atoms with Crippen molar-refractivity contribution in [2.45, 2.75) is 97.2 Å². The minimum Gasteiger partial charge on any atom is -0.437 e. The number of aliphatic hydroxyl groups excluding tert-OH is 2. The molecule has 0 aliphatic heterocycles. The minimum absolute atomic E-state index is 0.0114. The lowest BCUT2D eigenvalue weighted by molar-refractivity contribution is -0.133. The van der Waals surface area contributed by atoms with Gasteiger partial charge in [-0.2, -0.15) is 0 Å². The van der Waals surface area contributed by atoms with Crippen LogP contribution in [0.3, 0.4) is 0 Å². The van der Waals surface area contributed by atoms with E-state index in [9.17, 15) is 19.8 Å². The number of Topliss-reactive ketones (excluding diaryl/α,β-unsaturated/α-hetero) is 1. The second kappa shape index (κ2) is 14.3. The average molecular weight is 478 g/mol. The van der Waals surface area contributed by atoms with Crippen molar-refractivity contribution in [1.82, 2.24) is 0 Å². The van der Waals surface area contributed by atoms with Crippen molar-refractivity contribution in [1.29, 1.82) is 0 Å². The number of ketones is 1. The van der Waals surface area contributed by atoms with Gasteiger partial charge in [-0.05, 0) is 56.8 Å². The first-order valence-corrected chi connectivity index (χ1v) is 15.6. The Balaban J connectivity index is 2.34. The maximum atomic E-state index is 12.4. The molecule has 0 aromatic heterocycles. The van der Waals surface area contributed by atoms with Crippen molar-refractivity contribution >= 4 is 37.1 Å². The van der Waals surface area contributed by atoms with Crippen LogP contribution in [0.15, 0.2) is 12.2 Å². The van der Waals surface area contributed by atoms with Gasteiger partial charge in [0, 0.05) is 18.3 Å². The van der Waals surface area contributed by atoms with Crippen LogP contribution in [0.25, 0.3) is 0 Å². The van der Waals surface area contributed by atoms with Crippen LogP contribution in [-0.4, -0.2) is 34.2 Å². The van der Waals surface area contributed by atoms with Gasteiger partial charge in [0.1, 0.15) is 13.3 Å². The largest absolute Gasteiger partial charge is 0.437 e. The molecular weight excluding hydrogens is 437 g/mol. The van der Waals surface area contributed by atoms with Crippen LogP contribution >= 0.6 is 25.4 Å². The van der Waals surface area contributed by atoms with Crippen molar-refractivity contribution in [3.8, 4) is 0 Å². The Kier molecular flexibility index (Phi) is 13.4. The molecule has 5 unspecified atom stereocenters. The molecule has 1 fully saturated rings. The van der Waals surface area contributed by atoms with Crippen molar-refractivity contribution in [3.05, 3.63) is 12.2 Å². The molecule has 1 aliphatic carbocycles. The number of aliphatic hydroxyl groups is 2. The summed E-state index contributed by atoms with van der Waals surface area (Å²) in [7, 11) is 4.17. The zero-order valence-electron chi connectivity index (χ0n) is 18.8. The number of hydrogen-bond donors (Lipinski definition) is 2. The fourth-order valence-electron chi connectivity index (χ4n) is 3.98. The second-order valence-electron chi connectivity index (χ2n) is 9.03. The monoisotopic (exact) mass is 478 g/mol. The Bertz CT molecular complexity index is 565. The standard InChI is InChI=1S/C22H41O5P3/c1-4-22(2,3)20(25)14-13-17-16(18(23)15-19(17)24)11-9-7-5-6-8-10-12-21(26)27-30(28)29/h7,9,16-19,23-24H,4-6,8,10-15,28-29H2,1-3H3/b9-7-/t16?,17-,18?,19?/m1/s1. The molecule has 8 heteroatoms. The molecule has 1 aliphatic rings. The third-order valence-corrected chi connectivity index (χ3v) is 7.45. The van der Waals surface area contributed by atoms with Crippen LogP contribution in [0.4, 0.5) is 0 Å². The van der Waals surface area contributed by atoms with Crippen LogP contribution in [0.1, 0.15) is 85.0 Å². The van der Waals surface area contributed by atoms with E-state index in [-0.39, 0.29) is 29.0 Å². The Morgan fingerprint density at radius 2 is 1.73 bits per heavy atom. The van der Waals surface area contributed by atoms with Crippen LogP contribution in [-0.2, 0) is 14.1 Å². The van der Waals surface area contributed by atoms with Crippen LogP contribution in [0.2, 0.25) is 0 Å². The molecule has 1 rings (SSSR count). The molecule has 0 heterocycles. The van der Waals surface area contributed by atoms with Gasteiger partial charge in [0.25, 0.3) is 0 Å². The zero-order valence-corrected chi connectivity index (χ0v) is 22.0. The van der Waals surface area contributed by atoms with Gasteiger partial charge in [0.2, 0.25) is 0 Å². The van der Waals surface area contributed by atoms with Crippen LogP contribution in [0, 0.1) is 17.3 Å². The van der Waals surface area contributed by atoms with E-state index in [1.54, 1.807) is 0 Å². The van der Waals surface area contributed by atoms with Crippen molar-refractivity contribution < 1.29 is 24.3 Å². The summed E-state index contributed by atoms with van der Waals surface area (Å²) in [6.45, 7) is 5.97. The smallest absolute Gasteiger partial charge is 0.309 e. The van der Waals surface area contributed by atoms with Crippen LogP contribution in [0.5, 0.6) is 0 Å². The summed E-state index contributed by atoms with van der Waals surface area (Å²) < 4.78 is 5.11. The molecule has 0 aromatic carbocycles. The molecule has 0 saturated heterocycles. The van der Waals surface area contributed by atoms with Crippen molar-refractivity contribution in [2.75, 3.05) is 0 Å². The summed E-state index contributed by atoms with van der Waals surface area (Å²) in [5.74, 6) is 0.0922. The van der Waals surface area contributed by atoms with Gasteiger partial charge in [-0.1, -0.05) is 57.2 Å². The molecule has 0 bridgehead atoms. The van der Waals surface area contributed by atoms with Gasteiger partial charge >= 0.3 is 5.97 Å². The molecule has 1 saturated carbocycles. The first-order chi connectivity index (χ1) is 14.1. The molecule has 5 nitrogen and oxygen atoms in total. The molecule has 0 spiro atoms. The van der Waals surface area contributed by atoms with Crippen LogP contribution < -0.4 is 0 Å². The summed E-state index contributed by atoms with van der Waals surface area (Å²) in [6.07, 6.45) is 10.5. The summed E-state index contributed by atoms with van der Waals surface area (Å²) >= 11 is 0. The molecule has 6 atom stereocenters. The van der Waals surface area contributed by atoms with E-state index in [2.05, 4.69) is 30.0 Å². The molecule has 0 aromatic rings. The summed E-state index contributed by atoms with van der Waals surface area (Å²) in [5, 5.41) is 20.7. The predicted molar refractivity (Wildman–Crippen MR) is 131 cm³/mol. The summed E-state index contributed by atoms with van der Waals surface area (Å²) in [4.78, 5) is 23.9. The third kappa shape index (κ3) is 10.1. The molecule has 174 valence electrons. The van der Waals surface area contributed by atoms with Gasteiger partial charge in [-0.3, -0.25) is 9.59 Å². The van der Waals surface area contributed by atoms with Crippen molar-refractivity contribution in [3.63, 3.8) is 0 Å². The Morgan fingerprint density at radius 1 is 1.07 bits per heavy atom. The lowest BCUT2D eigenvalue weighted by Gasteiger charge is -2.25. The maximum Gasteiger partial charge on any atom is 0.309 e. The topological polar surface area (TPSA) is 83.8 Å². The molecule has 2 N–H and O–H groups in total. The number of allylic oxidation sites excluding steroid dienone is 2.